The number of terminal acetylenes is 1. The Morgan fingerprint density at radius 1 is 1.09 bits per heavy atom. The lowest BCUT2D eigenvalue weighted by atomic mass is 9.72. The molecule has 10 rings (SSSR count). The highest BCUT2D eigenvalue weighted by Crippen LogP contribution is 2.45. The standard InChI is InChI=1S/C60H74F2N10O2/c1-7-9-28-69(5)58-51-21-17-45(30-55(51)70(6)68-58)42-15-13-41(14-16-42)43(25-29-73)24-27-63-33-48-23-26-60(31-39(3)35-72(48)60)38-74-59-66-54(32-61)52(57(67-59)71-36-46-19-20-47(37-71)65-46)34-64-40(4)50-12-10-11-44-18-22-53(62)49(8-2)56(44)50/h2,7,10-12,17-18,21-22,30,32,34,41-43,46-48,63,65,73H,1,3,9,13-16,19-20,23-29,31,33,35-38H2,4-6H3/b52-34+,54-32-,64-40?. The van der Waals surface area contributed by atoms with Crippen molar-refractivity contribution in [1.82, 2.24) is 35.3 Å². The van der Waals surface area contributed by atoms with Crippen molar-refractivity contribution in [3.63, 3.8) is 0 Å². The van der Waals surface area contributed by atoms with Crippen LogP contribution in [0.25, 0.3) is 34.2 Å². The number of nitrogens with one attached hydrogen (secondary N) is 2. The van der Waals surface area contributed by atoms with Crippen LogP contribution in [-0.4, -0.2) is 119 Å². The van der Waals surface area contributed by atoms with E-state index in [4.69, 9.17) is 26.2 Å². The monoisotopic (exact) mass is 1000 g/mol. The molecule has 12 nitrogen and oxygen atoms in total. The third-order valence-electron chi connectivity index (χ3n) is 17.3. The van der Waals surface area contributed by atoms with E-state index >= 15 is 4.39 Å². The summed E-state index contributed by atoms with van der Waals surface area (Å²) in [5, 5.41) is 25.8. The lowest BCUT2D eigenvalue weighted by molar-refractivity contribution is 0.0837. The van der Waals surface area contributed by atoms with E-state index in [2.05, 4.69) is 74.6 Å². The number of ether oxygens (including phenoxy) is 1. The first-order chi connectivity index (χ1) is 36.0. The summed E-state index contributed by atoms with van der Waals surface area (Å²) >= 11 is 0. The molecule has 6 heterocycles. The molecule has 0 radical (unpaired) electrons. The molecule has 390 valence electrons. The first kappa shape index (κ1) is 51.5. The zero-order valence-electron chi connectivity index (χ0n) is 43.6. The molecule has 5 unspecified atom stereocenters. The van der Waals surface area contributed by atoms with Crippen LogP contribution in [0.4, 0.5) is 20.4 Å². The van der Waals surface area contributed by atoms with Crippen LogP contribution in [0.1, 0.15) is 107 Å². The molecule has 14 heteroatoms. The predicted octanol–water partition coefficient (Wildman–Crippen LogP) is 8.04. The van der Waals surface area contributed by atoms with Gasteiger partial charge >= 0.3 is 6.01 Å². The molecule has 4 saturated heterocycles. The highest BCUT2D eigenvalue weighted by Gasteiger charge is 2.51. The van der Waals surface area contributed by atoms with Crippen LogP contribution < -0.4 is 35.7 Å². The number of anilines is 2. The Morgan fingerprint density at radius 2 is 1.91 bits per heavy atom. The van der Waals surface area contributed by atoms with Crippen molar-refractivity contribution >= 4 is 51.6 Å². The lowest BCUT2D eigenvalue weighted by Crippen LogP contribution is -2.53. The number of aryl methyl sites for hydroxylation is 1. The third-order valence-corrected chi connectivity index (χ3v) is 17.3. The van der Waals surface area contributed by atoms with E-state index in [-0.39, 0.29) is 29.1 Å². The van der Waals surface area contributed by atoms with Crippen LogP contribution in [0.3, 0.4) is 0 Å². The van der Waals surface area contributed by atoms with E-state index in [0.717, 1.165) is 88.7 Å². The van der Waals surface area contributed by atoms with Crippen LogP contribution in [0.5, 0.6) is 6.01 Å². The van der Waals surface area contributed by atoms with Crippen molar-refractivity contribution in [2.75, 3.05) is 69.3 Å². The molecule has 3 aromatic carbocycles. The van der Waals surface area contributed by atoms with Gasteiger partial charge in [-0.25, -0.2) is 8.78 Å². The van der Waals surface area contributed by atoms with E-state index in [1.807, 2.05) is 42.9 Å². The van der Waals surface area contributed by atoms with Gasteiger partial charge in [-0.2, -0.15) is 15.1 Å². The summed E-state index contributed by atoms with van der Waals surface area (Å²) in [6.45, 7) is 15.7. The minimum absolute atomic E-state index is 0.0899. The SMILES string of the molecule is C#Cc1c(F)ccc2cccc(C(C)=N/C=c3/c(N4CC5CCC(C4)N5)nc(OCC45CCC(CNCCC(CCO)C6CCC(c7ccc8c(N(C)CCC=C)nn(C)c8c7)CC6)N4CC(=C)C5)n/c3=C\F)c12. The smallest absolute Gasteiger partial charge is 0.319 e. The van der Waals surface area contributed by atoms with Crippen molar-refractivity contribution in [2.45, 2.75) is 114 Å². The zero-order valence-corrected chi connectivity index (χ0v) is 43.6. The van der Waals surface area contributed by atoms with Crippen LogP contribution in [0.2, 0.25) is 0 Å². The number of hydrogen-bond acceptors (Lipinski definition) is 11. The number of rotatable bonds is 19. The number of benzene rings is 3. The van der Waals surface area contributed by atoms with Gasteiger partial charge in [0.2, 0.25) is 0 Å². The van der Waals surface area contributed by atoms with Gasteiger partial charge in [0.15, 0.2) is 5.82 Å². The van der Waals surface area contributed by atoms with Crippen molar-refractivity contribution in [1.29, 1.82) is 0 Å². The second-order valence-corrected chi connectivity index (χ2v) is 22.0. The molecular weight excluding hydrogens is 931 g/mol. The summed E-state index contributed by atoms with van der Waals surface area (Å²) in [6, 6.07) is 16.8. The second-order valence-electron chi connectivity index (χ2n) is 22.0. The van der Waals surface area contributed by atoms with E-state index in [0.29, 0.717) is 89.6 Å². The fourth-order valence-electron chi connectivity index (χ4n) is 13.4. The minimum atomic E-state index is -0.467. The fraction of sp³-hybridized carbons (Fsp3) is 0.500. The number of hydrogen-bond donors (Lipinski definition) is 3. The molecule has 0 amide bonds. The van der Waals surface area contributed by atoms with E-state index in [9.17, 15) is 9.50 Å². The van der Waals surface area contributed by atoms with E-state index < -0.39 is 5.82 Å². The topological polar surface area (TPSA) is 119 Å². The van der Waals surface area contributed by atoms with Gasteiger partial charge < -0.3 is 30.3 Å². The van der Waals surface area contributed by atoms with Crippen LogP contribution in [-0.2, 0) is 7.05 Å². The summed E-state index contributed by atoms with van der Waals surface area (Å²) in [6.07, 6.45) is 22.3. The Bertz CT molecular complexity index is 3070. The fourth-order valence-corrected chi connectivity index (χ4v) is 13.4. The maximum Gasteiger partial charge on any atom is 0.319 e. The first-order valence-corrected chi connectivity index (χ1v) is 27.1. The number of aliphatic hydroxyl groups is 1. The van der Waals surface area contributed by atoms with Gasteiger partial charge in [-0.05, 0) is 137 Å². The van der Waals surface area contributed by atoms with Gasteiger partial charge in [0.1, 0.15) is 29.9 Å². The zero-order chi connectivity index (χ0) is 51.5. The molecule has 5 aliphatic rings. The summed E-state index contributed by atoms with van der Waals surface area (Å²) in [5.41, 5.74) is 4.99. The number of aromatic nitrogens is 4. The largest absolute Gasteiger partial charge is 0.461 e. The normalized spacial score (nSPS) is 25.0. The number of halogens is 2. The Kier molecular flexibility index (Phi) is 15.6. The average molecular weight is 1010 g/mol. The summed E-state index contributed by atoms with van der Waals surface area (Å²) in [7, 11) is 4.15. The Balaban J connectivity index is 0.788. The van der Waals surface area contributed by atoms with Crippen LogP contribution >= 0.6 is 0 Å². The summed E-state index contributed by atoms with van der Waals surface area (Å²) in [4.78, 5) is 21.6. The molecule has 0 spiro atoms. The second kappa shape index (κ2) is 22.5. The molecule has 5 aromatic rings. The molecule has 3 N–H and O–H groups in total. The molecule has 5 atom stereocenters. The number of piperazine rings is 1. The third kappa shape index (κ3) is 10.5. The van der Waals surface area contributed by atoms with Gasteiger partial charge in [0.05, 0.1) is 21.8 Å². The molecule has 74 heavy (non-hydrogen) atoms. The molecule has 2 bridgehead atoms. The number of aliphatic hydroxyl groups excluding tert-OH is 1. The van der Waals surface area contributed by atoms with Crippen molar-refractivity contribution < 1.29 is 18.6 Å². The maximum atomic E-state index is 15.2. The number of aliphatic imine (C=N–C) groups is 1. The Hall–Kier alpha value is -5.98. The minimum Gasteiger partial charge on any atom is -0.461 e. The number of fused-ring (bicyclic) bond motifs is 5. The van der Waals surface area contributed by atoms with Crippen LogP contribution in [0.15, 0.2) is 78.3 Å². The van der Waals surface area contributed by atoms with Gasteiger partial charge in [-0.1, -0.05) is 54.5 Å². The van der Waals surface area contributed by atoms with Gasteiger partial charge in [0, 0.05) is 99.8 Å². The molecule has 2 aromatic heterocycles. The lowest BCUT2D eigenvalue weighted by Gasteiger charge is -2.35. The quantitative estimate of drug-likeness (QED) is 0.0325. The maximum absolute atomic E-state index is 15.2. The summed E-state index contributed by atoms with van der Waals surface area (Å²) in [5.74, 6) is 5.29. The molecule has 1 saturated carbocycles. The van der Waals surface area contributed by atoms with Gasteiger partial charge in [0.25, 0.3) is 0 Å². The van der Waals surface area contributed by atoms with Crippen molar-refractivity contribution in [2.24, 2.45) is 23.9 Å². The van der Waals surface area contributed by atoms with Crippen LogP contribution in [0, 0.1) is 30.0 Å². The van der Waals surface area contributed by atoms with Crippen molar-refractivity contribution in [3.8, 4) is 18.4 Å². The number of nitrogens with zero attached hydrogens (tertiary/aromatic N) is 8. The van der Waals surface area contributed by atoms with Gasteiger partial charge in [-0.3, -0.25) is 14.6 Å². The summed E-state index contributed by atoms with van der Waals surface area (Å²) < 4.78 is 38.7. The molecular formula is C60H74F2N10O2. The van der Waals surface area contributed by atoms with Crippen molar-refractivity contribution in [3.05, 3.63) is 106 Å². The Morgan fingerprint density at radius 3 is 2.66 bits per heavy atom. The first-order valence-electron chi connectivity index (χ1n) is 27.1. The van der Waals surface area contributed by atoms with E-state index in [1.165, 1.54) is 53.8 Å². The van der Waals surface area contributed by atoms with Gasteiger partial charge in [-0.15, -0.1) is 13.0 Å². The predicted molar refractivity (Wildman–Crippen MR) is 295 cm³/mol. The molecule has 4 aliphatic heterocycles. The Labute approximate surface area is 435 Å². The highest BCUT2D eigenvalue weighted by atomic mass is 19.1. The van der Waals surface area contributed by atoms with E-state index in [1.54, 1.807) is 12.3 Å². The highest BCUT2D eigenvalue weighted by molar-refractivity contribution is 6.12. The average Bonchev–Trinajstić information content (AvgIpc) is 4.16. The molecule has 5 fully saturated rings. The molecule has 1 aliphatic carbocycles.